The Hall–Kier alpha value is -4.03. The van der Waals surface area contributed by atoms with Gasteiger partial charge in [0, 0.05) is 11.6 Å². The molecule has 0 unspecified atom stereocenters. The van der Waals surface area contributed by atoms with Crippen molar-refractivity contribution in [2.75, 3.05) is 20.8 Å². The summed E-state index contributed by atoms with van der Waals surface area (Å²) in [4.78, 5) is 12.5. The second kappa shape index (κ2) is 12.4. The monoisotopic (exact) mass is 537 g/mol. The van der Waals surface area contributed by atoms with Gasteiger partial charge in [0.1, 0.15) is 18.1 Å². The van der Waals surface area contributed by atoms with Crippen LogP contribution in [-0.2, 0) is 6.61 Å². The lowest BCUT2D eigenvalue weighted by Crippen LogP contribution is -2.17. The first-order chi connectivity index (χ1) is 17.0. The molecule has 0 fully saturated rings. The van der Waals surface area contributed by atoms with E-state index in [1.54, 1.807) is 42.5 Å². The molecule has 0 heterocycles. The average Bonchev–Trinajstić information content (AvgIpc) is 2.88. The van der Waals surface area contributed by atoms with E-state index in [2.05, 4.69) is 32.5 Å². The minimum Gasteiger partial charge on any atom is -0.497 e. The smallest absolute Gasteiger partial charge is 0.271 e. The van der Waals surface area contributed by atoms with Crippen LogP contribution in [0.2, 0.25) is 0 Å². The highest BCUT2D eigenvalue weighted by Crippen LogP contribution is 2.37. The molecule has 0 atom stereocenters. The molecule has 0 saturated heterocycles. The third-order valence-electron chi connectivity index (χ3n) is 4.76. The molecule has 0 bridgehead atoms. The normalized spacial score (nSPS) is 10.5. The van der Waals surface area contributed by atoms with E-state index >= 15 is 0 Å². The van der Waals surface area contributed by atoms with Crippen molar-refractivity contribution in [2.45, 2.75) is 13.5 Å². The van der Waals surface area contributed by atoms with E-state index < -0.39 is 5.91 Å². The summed E-state index contributed by atoms with van der Waals surface area (Å²) in [5.74, 6) is 1.63. The molecule has 8 nitrogen and oxygen atoms in total. The minimum atomic E-state index is -0.415. The van der Waals surface area contributed by atoms with Gasteiger partial charge in [-0.05, 0) is 70.4 Å². The van der Waals surface area contributed by atoms with Gasteiger partial charge in [0.2, 0.25) is 0 Å². The zero-order valence-corrected chi connectivity index (χ0v) is 21.1. The molecule has 0 radical (unpaired) electrons. The predicted octanol–water partition coefficient (Wildman–Crippen LogP) is 5.08. The second-order valence-corrected chi connectivity index (χ2v) is 8.02. The van der Waals surface area contributed by atoms with Gasteiger partial charge >= 0.3 is 0 Å². The molecule has 3 aromatic carbocycles. The summed E-state index contributed by atoms with van der Waals surface area (Å²) in [6, 6.07) is 17.8. The lowest BCUT2D eigenvalue weighted by atomic mass is 10.1. The fraction of sp³-hybridized carbons (Fsp3) is 0.192. The number of amides is 1. The largest absolute Gasteiger partial charge is 0.497 e. The predicted molar refractivity (Wildman–Crippen MR) is 135 cm³/mol. The van der Waals surface area contributed by atoms with E-state index in [9.17, 15) is 4.79 Å². The maximum absolute atomic E-state index is 12.5. The molecule has 180 valence electrons. The van der Waals surface area contributed by atoms with Gasteiger partial charge in [0.15, 0.2) is 11.5 Å². The lowest BCUT2D eigenvalue weighted by Gasteiger charge is -2.15. The third-order valence-corrected chi connectivity index (χ3v) is 5.35. The van der Waals surface area contributed by atoms with Crippen LogP contribution in [0.5, 0.6) is 23.0 Å². The van der Waals surface area contributed by atoms with Crippen LogP contribution in [0.3, 0.4) is 0 Å². The fourth-order valence-corrected chi connectivity index (χ4v) is 3.69. The molecule has 0 saturated carbocycles. The molecular weight excluding hydrogens is 514 g/mol. The molecule has 9 heteroatoms. The first-order valence-corrected chi connectivity index (χ1v) is 11.4. The first-order valence-electron chi connectivity index (χ1n) is 10.6. The molecule has 3 rings (SSSR count). The average molecular weight is 538 g/mol. The fourth-order valence-electron chi connectivity index (χ4n) is 3.12. The third kappa shape index (κ3) is 6.98. The number of carbonyl (C=O) groups excluding carboxylic acids is 1. The van der Waals surface area contributed by atoms with Gasteiger partial charge in [-0.15, -0.1) is 0 Å². The Morgan fingerprint density at radius 2 is 1.83 bits per heavy atom. The Labute approximate surface area is 212 Å². The Morgan fingerprint density at radius 1 is 1.09 bits per heavy atom. The van der Waals surface area contributed by atoms with Gasteiger partial charge in [0.25, 0.3) is 5.91 Å². The summed E-state index contributed by atoms with van der Waals surface area (Å²) in [5, 5.41) is 13.1. The molecule has 35 heavy (non-hydrogen) atoms. The number of hydrazone groups is 1. The number of ether oxygens (including phenoxy) is 4. The van der Waals surface area contributed by atoms with Gasteiger partial charge in [-0.3, -0.25) is 4.79 Å². The number of nitriles is 1. The highest BCUT2D eigenvalue weighted by Gasteiger charge is 2.13. The minimum absolute atomic E-state index is 0.266. The molecule has 0 aliphatic rings. The van der Waals surface area contributed by atoms with E-state index in [1.807, 2.05) is 19.1 Å². The van der Waals surface area contributed by atoms with E-state index in [0.717, 1.165) is 5.56 Å². The zero-order valence-electron chi connectivity index (χ0n) is 19.5. The van der Waals surface area contributed by atoms with Crippen molar-refractivity contribution in [3.63, 3.8) is 0 Å². The standard InChI is InChI=1S/C26H24BrN3O5/c1-4-34-24-10-19(9-23(27)25(24)35-16-18-7-5-6-17(8-18)14-28)15-29-30-26(31)20-11-21(32-2)13-22(12-20)33-3/h5-13,15H,4,16H2,1-3H3,(H,30,31)/b29-15-. The van der Waals surface area contributed by atoms with E-state index in [1.165, 1.54) is 20.4 Å². The van der Waals surface area contributed by atoms with Crippen LogP contribution in [0.15, 0.2) is 64.2 Å². The Bertz CT molecular complexity index is 1250. The number of carbonyl (C=O) groups is 1. The number of halogens is 1. The van der Waals surface area contributed by atoms with E-state index in [4.69, 9.17) is 24.2 Å². The van der Waals surface area contributed by atoms with Gasteiger partial charge in [-0.2, -0.15) is 10.4 Å². The van der Waals surface area contributed by atoms with Gasteiger partial charge < -0.3 is 18.9 Å². The number of nitrogens with one attached hydrogen (secondary N) is 1. The van der Waals surface area contributed by atoms with Crippen LogP contribution in [-0.4, -0.2) is 32.9 Å². The van der Waals surface area contributed by atoms with Crippen molar-refractivity contribution in [2.24, 2.45) is 5.10 Å². The molecule has 0 aliphatic carbocycles. The van der Waals surface area contributed by atoms with Crippen LogP contribution in [0, 0.1) is 11.3 Å². The molecule has 0 spiro atoms. The molecule has 1 N–H and O–H groups in total. The summed E-state index contributed by atoms with van der Waals surface area (Å²) >= 11 is 3.52. The highest BCUT2D eigenvalue weighted by molar-refractivity contribution is 9.10. The Kier molecular flexibility index (Phi) is 9.09. The highest BCUT2D eigenvalue weighted by atomic mass is 79.9. The number of hydrogen-bond acceptors (Lipinski definition) is 7. The second-order valence-electron chi connectivity index (χ2n) is 7.16. The summed E-state index contributed by atoms with van der Waals surface area (Å²) < 4.78 is 22.8. The van der Waals surface area contributed by atoms with Crippen LogP contribution < -0.4 is 24.4 Å². The maximum atomic E-state index is 12.5. The van der Waals surface area contributed by atoms with Gasteiger partial charge in [0.05, 0.1) is 43.1 Å². The lowest BCUT2D eigenvalue weighted by molar-refractivity contribution is 0.0954. The maximum Gasteiger partial charge on any atom is 0.271 e. The van der Waals surface area contributed by atoms with Crippen LogP contribution in [0.4, 0.5) is 0 Å². The first kappa shape index (κ1) is 25.6. The van der Waals surface area contributed by atoms with Crippen molar-refractivity contribution < 1.29 is 23.7 Å². The molecule has 0 aliphatic heterocycles. The van der Waals surface area contributed by atoms with Gasteiger partial charge in [-0.25, -0.2) is 5.43 Å². The van der Waals surface area contributed by atoms with Crippen molar-refractivity contribution in [1.29, 1.82) is 5.26 Å². The molecule has 1 amide bonds. The molecule has 3 aromatic rings. The van der Waals surface area contributed by atoms with Crippen molar-refractivity contribution >= 4 is 28.1 Å². The number of hydrogen-bond donors (Lipinski definition) is 1. The van der Waals surface area contributed by atoms with Crippen LogP contribution in [0.1, 0.15) is 34.0 Å². The summed E-state index contributed by atoms with van der Waals surface area (Å²) in [6.45, 7) is 2.57. The van der Waals surface area contributed by atoms with Crippen LogP contribution >= 0.6 is 15.9 Å². The van der Waals surface area contributed by atoms with Crippen molar-refractivity contribution in [3.8, 4) is 29.1 Å². The quantitative estimate of drug-likeness (QED) is 0.285. The van der Waals surface area contributed by atoms with Gasteiger partial charge in [-0.1, -0.05) is 12.1 Å². The number of benzene rings is 3. The van der Waals surface area contributed by atoms with E-state index in [0.29, 0.717) is 50.8 Å². The van der Waals surface area contributed by atoms with Crippen molar-refractivity contribution in [3.05, 3.63) is 81.3 Å². The number of rotatable bonds is 10. The number of methoxy groups -OCH3 is 2. The topological polar surface area (TPSA) is 102 Å². The van der Waals surface area contributed by atoms with E-state index in [-0.39, 0.29) is 6.61 Å². The summed E-state index contributed by atoms with van der Waals surface area (Å²) in [6.07, 6.45) is 1.50. The Morgan fingerprint density at radius 3 is 2.49 bits per heavy atom. The summed E-state index contributed by atoms with van der Waals surface area (Å²) in [5.41, 5.74) is 4.96. The molecule has 0 aromatic heterocycles. The molecular formula is C26H24BrN3O5. The van der Waals surface area contributed by atoms with Crippen molar-refractivity contribution in [1.82, 2.24) is 5.43 Å². The van der Waals surface area contributed by atoms with Crippen LogP contribution in [0.25, 0.3) is 0 Å². The number of nitrogens with zero attached hydrogens (tertiary/aromatic N) is 2. The Balaban J connectivity index is 1.74. The summed E-state index contributed by atoms with van der Waals surface area (Å²) in [7, 11) is 3.03. The SMILES string of the molecule is CCOc1cc(/C=N\NC(=O)c2cc(OC)cc(OC)c2)cc(Br)c1OCc1cccc(C#N)c1. The zero-order chi connectivity index (χ0) is 25.2.